The fourth-order valence-corrected chi connectivity index (χ4v) is 7.95. The number of amides is 1. The third-order valence-electron chi connectivity index (χ3n) is 4.66. The van der Waals surface area contributed by atoms with Crippen molar-refractivity contribution in [2.45, 2.75) is 57.5 Å². The lowest BCUT2D eigenvalue weighted by atomic mass is 10.1. The Morgan fingerprint density at radius 1 is 1.00 bits per heavy atom. The van der Waals surface area contributed by atoms with E-state index in [1.54, 1.807) is 37.7 Å². The average Bonchev–Trinajstić information content (AvgIpc) is 2.82. The molecule has 34 heavy (non-hydrogen) atoms. The van der Waals surface area contributed by atoms with Crippen LogP contribution in [0, 0.1) is 0 Å². The van der Waals surface area contributed by atoms with Gasteiger partial charge in [0.05, 0.1) is 6.61 Å². The molecule has 0 fully saturated rings. The van der Waals surface area contributed by atoms with Crippen LogP contribution in [0.5, 0.6) is 5.75 Å². The molecule has 0 radical (unpaired) electrons. The van der Waals surface area contributed by atoms with E-state index >= 15 is 0 Å². The summed E-state index contributed by atoms with van der Waals surface area (Å²) in [7, 11) is 0. The molecule has 9 heteroatoms. The first kappa shape index (κ1) is 28.8. The summed E-state index contributed by atoms with van der Waals surface area (Å²) < 4.78 is 25.2. The van der Waals surface area contributed by atoms with Crippen molar-refractivity contribution in [3.63, 3.8) is 0 Å². The third kappa shape index (κ3) is 10.4. The predicted octanol–water partition coefficient (Wildman–Crippen LogP) is 7.23. The number of hydrogen-bond donors (Lipinski definition) is 2. The van der Waals surface area contributed by atoms with Crippen molar-refractivity contribution in [3.05, 3.63) is 54.6 Å². The number of anilines is 1. The van der Waals surface area contributed by atoms with Gasteiger partial charge in [-0.15, -0.1) is 11.8 Å². The van der Waals surface area contributed by atoms with E-state index in [0.717, 1.165) is 35.7 Å². The minimum absolute atomic E-state index is 0.357. The molecule has 2 aromatic carbocycles. The Morgan fingerprint density at radius 2 is 1.71 bits per heavy atom. The second-order valence-electron chi connectivity index (χ2n) is 8.18. The second-order valence-corrected chi connectivity index (χ2v) is 13.7. The first-order valence-corrected chi connectivity index (χ1v) is 15.9. The summed E-state index contributed by atoms with van der Waals surface area (Å²) in [5, 5.41) is 5.95. The van der Waals surface area contributed by atoms with E-state index in [1.165, 1.54) is 11.4 Å². The van der Waals surface area contributed by atoms with E-state index < -0.39 is 12.3 Å². The number of rotatable bonds is 16. The van der Waals surface area contributed by atoms with Gasteiger partial charge in [0.25, 0.3) is 5.91 Å². The Balaban J connectivity index is 1.93. The maximum atomic E-state index is 13.5. The molecule has 188 valence electrons. The zero-order chi connectivity index (χ0) is 24.9. The van der Waals surface area contributed by atoms with Crippen molar-refractivity contribution in [3.8, 4) is 5.75 Å². The SMILES string of the molecule is CCCCOc1ccc(NC(=O)C(C)(C)OP(=O)(NCCSc2ccccc2)SCCC)cc1. The highest BCUT2D eigenvalue weighted by atomic mass is 32.7. The Hall–Kier alpha value is -1.44. The van der Waals surface area contributed by atoms with E-state index in [1.807, 2.05) is 49.4 Å². The van der Waals surface area contributed by atoms with Crippen LogP contribution < -0.4 is 15.1 Å². The molecule has 1 amide bonds. The van der Waals surface area contributed by atoms with Crippen LogP contribution in [0.3, 0.4) is 0 Å². The van der Waals surface area contributed by atoms with Crippen molar-refractivity contribution >= 4 is 41.5 Å². The van der Waals surface area contributed by atoms with Crippen LogP contribution in [0.4, 0.5) is 5.69 Å². The molecule has 1 atom stereocenters. The van der Waals surface area contributed by atoms with Crippen molar-refractivity contribution in [1.29, 1.82) is 0 Å². The molecule has 2 rings (SSSR count). The molecular weight excluding hydrogens is 487 g/mol. The number of hydrogen-bond acceptors (Lipinski definition) is 6. The maximum Gasteiger partial charge on any atom is 0.327 e. The number of carbonyl (C=O) groups excluding carboxylic acids is 1. The zero-order valence-corrected chi connectivity index (χ0v) is 23.1. The highest BCUT2D eigenvalue weighted by Gasteiger charge is 2.38. The summed E-state index contributed by atoms with van der Waals surface area (Å²) in [5.41, 5.74) is -0.653. The van der Waals surface area contributed by atoms with Gasteiger partial charge in [0.2, 0.25) is 0 Å². The Morgan fingerprint density at radius 3 is 2.35 bits per heavy atom. The molecule has 1 unspecified atom stereocenters. The monoisotopic (exact) mass is 524 g/mol. The fraction of sp³-hybridized carbons (Fsp3) is 0.480. The summed E-state index contributed by atoms with van der Waals surface area (Å²) in [6, 6.07) is 17.3. The minimum Gasteiger partial charge on any atom is -0.494 e. The molecule has 6 nitrogen and oxygen atoms in total. The van der Waals surface area contributed by atoms with Crippen LogP contribution in [0.2, 0.25) is 0 Å². The smallest absolute Gasteiger partial charge is 0.327 e. The summed E-state index contributed by atoms with van der Waals surface area (Å²) in [5.74, 6) is 1.82. The molecule has 0 saturated heterocycles. The zero-order valence-electron chi connectivity index (χ0n) is 20.5. The number of nitrogens with one attached hydrogen (secondary N) is 2. The molecule has 0 heterocycles. The lowest BCUT2D eigenvalue weighted by molar-refractivity contribution is -0.128. The summed E-state index contributed by atoms with van der Waals surface area (Å²) in [6.07, 6.45) is 2.93. The van der Waals surface area contributed by atoms with Crippen LogP contribution in [-0.2, 0) is 13.9 Å². The number of benzene rings is 2. The van der Waals surface area contributed by atoms with Gasteiger partial charge < -0.3 is 10.1 Å². The van der Waals surface area contributed by atoms with Crippen LogP contribution in [0.1, 0.15) is 47.0 Å². The van der Waals surface area contributed by atoms with Gasteiger partial charge in [-0.1, -0.05) is 49.8 Å². The van der Waals surface area contributed by atoms with Crippen molar-refractivity contribution < 1.29 is 18.6 Å². The topological polar surface area (TPSA) is 76.7 Å². The van der Waals surface area contributed by atoms with Crippen molar-refractivity contribution in [2.75, 3.05) is 30.0 Å². The summed E-state index contributed by atoms with van der Waals surface area (Å²) >= 11 is 2.93. The van der Waals surface area contributed by atoms with E-state index in [4.69, 9.17) is 9.26 Å². The Kier molecular flexibility index (Phi) is 12.6. The third-order valence-corrected chi connectivity index (χ3v) is 10.1. The van der Waals surface area contributed by atoms with Gasteiger partial charge in [-0.25, -0.2) is 5.09 Å². The Labute approximate surface area is 212 Å². The molecule has 0 aliphatic heterocycles. The highest BCUT2D eigenvalue weighted by molar-refractivity contribution is 8.56. The van der Waals surface area contributed by atoms with Crippen LogP contribution in [0.15, 0.2) is 59.5 Å². The summed E-state index contributed by atoms with van der Waals surface area (Å²) in [4.78, 5) is 14.1. The molecule has 0 spiro atoms. The van der Waals surface area contributed by atoms with Gasteiger partial charge in [0, 0.05) is 28.6 Å². The molecule has 2 aromatic rings. The molecule has 0 aliphatic carbocycles. The molecule has 0 aliphatic rings. The number of carbonyl (C=O) groups is 1. The molecule has 0 bridgehead atoms. The van der Waals surface area contributed by atoms with Gasteiger partial charge in [0.1, 0.15) is 5.75 Å². The number of thioether (sulfide) groups is 1. The maximum absolute atomic E-state index is 13.5. The van der Waals surface area contributed by atoms with Crippen LogP contribution in [-0.4, -0.2) is 36.2 Å². The van der Waals surface area contributed by atoms with Crippen LogP contribution in [0.25, 0.3) is 0 Å². The van der Waals surface area contributed by atoms with E-state index in [9.17, 15) is 9.36 Å². The normalized spacial score (nSPS) is 13.3. The van der Waals surface area contributed by atoms with Gasteiger partial charge in [-0.2, -0.15) is 0 Å². The Bertz CT molecular complexity index is 911. The number of unbranched alkanes of at least 4 members (excludes halogenated alkanes) is 1. The van der Waals surface area contributed by atoms with Gasteiger partial charge >= 0.3 is 6.72 Å². The molecular formula is C25H37N2O4PS2. The lowest BCUT2D eigenvalue weighted by Crippen LogP contribution is -2.40. The van der Waals surface area contributed by atoms with Crippen molar-refractivity contribution in [1.82, 2.24) is 5.09 Å². The highest BCUT2D eigenvalue weighted by Crippen LogP contribution is 2.58. The molecule has 0 aromatic heterocycles. The van der Waals surface area contributed by atoms with Crippen LogP contribution >= 0.6 is 29.9 Å². The number of ether oxygens (including phenoxy) is 1. The quantitative estimate of drug-likeness (QED) is 0.136. The van der Waals surface area contributed by atoms with E-state index in [2.05, 4.69) is 17.3 Å². The predicted molar refractivity (Wildman–Crippen MR) is 146 cm³/mol. The van der Waals surface area contributed by atoms with E-state index in [-0.39, 0.29) is 5.91 Å². The van der Waals surface area contributed by atoms with Gasteiger partial charge in [-0.3, -0.25) is 13.9 Å². The fourth-order valence-electron chi connectivity index (χ4n) is 2.78. The standard InChI is InChI=1S/C25H37N2O4PS2/c1-5-7-18-30-22-15-13-21(14-16-22)27-24(28)25(3,4)31-32(29,34-19-6-2)26-17-20-33-23-11-9-8-10-12-23/h8-16H,5-7,17-20H2,1-4H3,(H,26,29)(H,27,28). The first-order chi connectivity index (χ1) is 16.3. The van der Waals surface area contributed by atoms with Gasteiger partial charge in [-0.05, 0) is 63.1 Å². The largest absolute Gasteiger partial charge is 0.494 e. The average molecular weight is 525 g/mol. The first-order valence-electron chi connectivity index (χ1n) is 11.7. The minimum atomic E-state index is -3.29. The summed E-state index contributed by atoms with van der Waals surface area (Å²) in [6.45, 7) is 5.31. The van der Waals surface area contributed by atoms with E-state index in [0.29, 0.717) is 24.6 Å². The van der Waals surface area contributed by atoms with Gasteiger partial charge in [0.15, 0.2) is 5.60 Å². The second kappa shape index (κ2) is 14.8. The van der Waals surface area contributed by atoms with Crippen molar-refractivity contribution in [2.24, 2.45) is 0 Å². The molecule has 0 saturated carbocycles. The lowest BCUT2D eigenvalue weighted by Gasteiger charge is -2.29. The molecule has 2 N–H and O–H groups in total.